The van der Waals surface area contributed by atoms with Crippen LogP contribution in [-0.4, -0.2) is 80.0 Å². The van der Waals surface area contributed by atoms with Crippen molar-refractivity contribution in [2.24, 2.45) is 0 Å². The Kier molecular flexibility index (Phi) is 13.5. The fourth-order valence-electron chi connectivity index (χ4n) is 3.22. The lowest BCUT2D eigenvalue weighted by Crippen LogP contribution is -2.14. The van der Waals surface area contributed by atoms with Crippen LogP contribution in [0.3, 0.4) is 0 Å². The normalized spacial score (nSPS) is 10.8. The number of halogens is 1. The molecule has 2 aromatic rings. The molecule has 10 heteroatoms. The summed E-state index contributed by atoms with van der Waals surface area (Å²) in [7, 11) is 6.13. The number of benzene rings is 2. The maximum atomic E-state index is 12.9. The van der Waals surface area contributed by atoms with Crippen LogP contribution in [-0.2, 0) is 23.7 Å². The summed E-state index contributed by atoms with van der Waals surface area (Å²) in [5, 5.41) is 0. The lowest BCUT2D eigenvalue weighted by Gasteiger charge is -2.12. The Labute approximate surface area is 231 Å². The molecule has 204 valence electrons. The van der Waals surface area contributed by atoms with Gasteiger partial charge in [0.15, 0.2) is 11.6 Å². The molecule has 0 radical (unpaired) electrons. The van der Waals surface area contributed by atoms with Crippen LogP contribution < -0.4 is 9.47 Å². The molecule has 0 aliphatic carbocycles. The second-order valence-corrected chi connectivity index (χ2v) is 8.50. The van der Waals surface area contributed by atoms with Gasteiger partial charge in [-0.25, -0.2) is 9.59 Å². The highest BCUT2D eigenvalue weighted by molar-refractivity contribution is 9.10. The van der Waals surface area contributed by atoms with Crippen LogP contribution in [0.1, 0.15) is 37.4 Å². The van der Waals surface area contributed by atoms with Crippen LogP contribution in [0, 0.1) is 6.58 Å². The van der Waals surface area contributed by atoms with Crippen LogP contribution in [0.25, 0.3) is 18.2 Å². The minimum Gasteiger partial charge on any atom is -0.489 e. The summed E-state index contributed by atoms with van der Waals surface area (Å²) in [5.74, 6) is -0.0973. The molecule has 0 saturated heterocycles. The second-order valence-electron chi connectivity index (χ2n) is 7.65. The average molecular weight is 592 g/mol. The smallest absolute Gasteiger partial charge is 0.339 e. The van der Waals surface area contributed by atoms with Crippen LogP contribution in [0.5, 0.6) is 11.5 Å². The number of ether oxygens (including phenoxy) is 7. The van der Waals surface area contributed by atoms with Gasteiger partial charge in [-0.1, -0.05) is 12.2 Å². The first kappa shape index (κ1) is 31.0. The number of esters is 2. The second kappa shape index (κ2) is 16.5. The Balaban J connectivity index is 2.55. The fraction of sp³-hybridized carbons (Fsp3) is 0.357. The van der Waals surface area contributed by atoms with Gasteiger partial charge in [-0.3, -0.25) is 0 Å². The summed E-state index contributed by atoms with van der Waals surface area (Å²) in [4.78, 5) is 25.6. The van der Waals surface area contributed by atoms with Crippen LogP contribution in [0.15, 0.2) is 28.7 Å². The Bertz CT molecular complexity index is 1130. The Morgan fingerprint density at radius 3 is 1.84 bits per heavy atom. The first-order valence-corrected chi connectivity index (χ1v) is 12.4. The number of hydrogen-bond acceptors (Lipinski definition) is 9. The number of hydrogen-bond donors (Lipinski definition) is 0. The Morgan fingerprint density at radius 2 is 1.26 bits per heavy atom. The third kappa shape index (κ3) is 8.93. The van der Waals surface area contributed by atoms with Gasteiger partial charge < -0.3 is 33.2 Å². The lowest BCUT2D eigenvalue weighted by molar-refractivity contribution is 0.0375. The first-order chi connectivity index (χ1) is 18.4. The van der Waals surface area contributed by atoms with Crippen molar-refractivity contribution in [3.63, 3.8) is 0 Å². The molecule has 0 aliphatic rings. The highest BCUT2D eigenvalue weighted by Crippen LogP contribution is 2.32. The van der Waals surface area contributed by atoms with Crippen molar-refractivity contribution >= 4 is 46.1 Å². The van der Waals surface area contributed by atoms with Gasteiger partial charge in [-0.2, -0.15) is 0 Å². The van der Waals surface area contributed by atoms with E-state index >= 15 is 0 Å². The molecular formula is C28H32BrO9+. The molecule has 0 N–H and O–H groups in total. The maximum absolute atomic E-state index is 12.9. The molecule has 2 rings (SSSR count). The standard InChI is InChI=1S/C28H32BrO9/c1-6-19-16-26(36-12-9-32-2)21(17-25(19)35-5)8-7-20-15-23(28(31)38-14-11-34-4)24(29)18-22(20)27(30)37-13-10-33-3/h1,6-8,15-18H,9-14H2,2-5H3/q+1/b8-7+. The van der Waals surface area contributed by atoms with Gasteiger partial charge in [0.05, 0.1) is 44.1 Å². The van der Waals surface area contributed by atoms with Crippen molar-refractivity contribution in [1.29, 1.82) is 0 Å². The van der Waals surface area contributed by atoms with Gasteiger partial charge in [-0.15, -0.1) is 0 Å². The quantitative estimate of drug-likeness (QED) is 0.119. The average Bonchev–Trinajstić information content (AvgIpc) is 2.92. The van der Waals surface area contributed by atoms with E-state index < -0.39 is 11.9 Å². The zero-order valence-electron chi connectivity index (χ0n) is 21.9. The third-order valence-corrected chi connectivity index (χ3v) is 5.81. The summed E-state index contributed by atoms with van der Waals surface area (Å²) in [6.45, 7) is 7.10. The van der Waals surface area contributed by atoms with Gasteiger partial charge in [0.2, 0.25) is 5.75 Å². The SMILES string of the molecule is [CH+]=Cc1cc(OCCOC)c(/C=C/c2cc(C(=O)OCCOC)c(Br)cc2C(=O)OCCOC)cc1OC. The van der Waals surface area contributed by atoms with Crippen molar-refractivity contribution < 1.29 is 42.7 Å². The van der Waals surface area contributed by atoms with E-state index in [1.165, 1.54) is 33.5 Å². The molecule has 38 heavy (non-hydrogen) atoms. The molecule has 0 aliphatic heterocycles. The molecular weight excluding hydrogens is 560 g/mol. The molecule has 0 amide bonds. The van der Waals surface area contributed by atoms with E-state index in [-0.39, 0.29) is 37.6 Å². The van der Waals surface area contributed by atoms with Crippen molar-refractivity contribution in [3.8, 4) is 11.5 Å². The van der Waals surface area contributed by atoms with Crippen LogP contribution >= 0.6 is 15.9 Å². The molecule has 2 aromatic carbocycles. The summed E-state index contributed by atoms with van der Waals surface area (Å²) in [6, 6.07) is 6.57. The van der Waals surface area contributed by atoms with E-state index in [4.69, 9.17) is 39.7 Å². The molecule has 0 spiro atoms. The van der Waals surface area contributed by atoms with Crippen LogP contribution in [0.2, 0.25) is 0 Å². The van der Waals surface area contributed by atoms with E-state index in [9.17, 15) is 9.59 Å². The maximum Gasteiger partial charge on any atom is 0.339 e. The predicted octanol–water partition coefficient (Wildman–Crippen LogP) is 4.71. The zero-order valence-corrected chi connectivity index (χ0v) is 23.5. The number of carbonyl (C=O) groups excluding carboxylic acids is 2. The number of methoxy groups -OCH3 is 4. The molecule has 0 atom stereocenters. The molecule has 0 heterocycles. The van der Waals surface area contributed by atoms with E-state index in [1.807, 2.05) is 0 Å². The highest BCUT2D eigenvalue weighted by Gasteiger charge is 2.20. The summed E-state index contributed by atoms with van der Waals surface area (Å²) in [5.41, 5.74) is 2.18. The highest BCUT2D eigenvalue weighted by atomic mass is 79.9. The van der Waals surface area contributed by atoms with Gasteiger partial charge in [0.1, 0.15) is 25.6 Å². The summed E-state index contributed by atoms with van der Waals surface area (Å²) in [6.07, 6.45) is 4.83. The van der Waals surface area contributed by atoms with Gasteiger partial charge in [-0.05, 0) is 33.6 Å². The van der Waals surface area contributed by atoms with Crippen molar-refractivity contribution in [1.82, 2.24) is 0 Å². The van der Waals surface area contributed by atoms with Crippen molar-refractivity contribution in [2.45, 2.75) is 0 Å². The summed E-state index contributed by atoms with van der Waals surface area (Å²) < 4.78 is 37.3. The minimum atomic E-state index is -0.580. The van der Waals surface area contributed by atoms with Gasteiger partial charge in [0, 0.05) is 44.0 Å². The predicted molar refractivity (Wildman–Crippen MR) is 147 cm³/mol. The lowest BCUT2D eigenvalue weighted by atomic mass is 10.0. The summed E-state index contributed by atoms with van der Waals surface area (Å²) >= 11 is 3.37. The van der Waals surface area contributed by atoms with E-state index in [0.717, 1.165) is 0 Å². The van der Waals surface area contributed by atoms with Gasteiger partial charge in [0.25, 0.3) is 0 Å². The van der Waals surface area contributed by atoms with Gasteiger partial charge >= 0.3 is 11.9 Å². The number of carbonyl (C=O) groups is 2. The first-order valence-electron chi connectivity index (χ1n) is 11.6. The Morgan fingerprint density at radius 1 is 0.711 bits per heavy atom. The monoisotopic (exact) mass is 591 g/mol. The topological polar surface area (TPSA) is 98.8 Å². The minimum absolute atomic E-state index is 0.0721. The van der Waals surface area contributed by atoms with Crippen molar-refractivity contribution in [2.75, 3.05) is 68.1 Å². The van der Waals surface area contributed by atoms with E-state index in [1.54, 1.807) is 37.5 Å². The molecule has 0 fully saturated rings. The number of rotatable bonds is 16. The Hall–Kier alpha value is -3.27. The molecule has 9 nitrogen and oxygen atoms in total. The largest absolute Gasteiger partial charge is 0.489 e. The van der Waals surface area contributed by atoms with E-state index in [0.29, 0.717) is 45.9 Å². The molecule has 0 unspecified atom stereocenters. The third-order valence-electron chi connectivity index (χ3n) is 5.15. The van der Waals surface area contributed by atoms with E-state index in [2.05, 4.69) is 15.9 Å². The zero-order chi connectivity index (χ0) is 27.9. The molecule has 0 aromatic heterocycles. The molecule has 0 saturated carbocycles. The molecule has 0 bridgehead atoms. The van der Waals surface area contributed by atoms with Crippen LogP contribution in [0.4, 0.5) is 0 Å². The fourth-order valence-corrected chi connectivity index (χ4v) is 3.73. The van der Waals surface area contributed by atoms with Crippen molar-refractivity contribution in [3.05, 3.63) is 63.1 Å².